The number of aliphatic hydroxyl groups is 1. The van der Waals surface area contributed by atoms with Gasteiger partial charge in [-0.3, -0.25) is 9.78 Å². The van der Waals surface area contributed by atoms with Crippen molar-refractivity contribution in [2.45, 2.75) is 30.4 Å². The molecule has 7 nitrogen and oxygen atoms in total. The normalized spacial score (nSPS) is 16.3. The van der Waals surface area contributed by atoms with Gasteiger partial charge in [-0.25, -0.2) is 8.42 Å². The van der Waals surface area contributed by atoms with Crippen LogP contribution >= 0.6 is 0 Å². The van der Waals surface area contributed by atoms with Crippen LogP contribution in [0.2, 0.25) is 0 Å². The summed E-state index contributed by atoms with van der Waals surface area (Å²) in [4.78, 5) is 16.1. The smallest absolute Gasteiger partial charge is 0.251 e. The Morgan fingerprint density at radius 2 is 1.73 bits per heavy atom. The first-order valence-electron chi connectivity index (χ1n) is 8.42. The maximum atomic E-state index is 12.6. The van der Waals surface area contributed by atoms with Crippen LogP contribution in [0.15, 0.2) is 53.7 Å². The molecule has 1 aliphatic rings. The van der Waals surface area contributed by atoms with E-state index in [2.05, 4.69) is 10.3 Å². The Morgan fingerprint density at radius 3 is 2.35 bits per heavy atom. The third-order valence-corrected chi connectivity index (χ3v) is 6.29. The first-order chi connectivity index (χ1) is 12.5. The number of sulfonamides is 1. The van der Waals surface area contributed by atoms with Crippen molar-refractivity contribution in [3.05, 3.63) is 59.9 Å². The summed E-state index contributed by atoms with van der Waals surface area (Å²) in [5.74, 6) is -0.212. The van der Waals surface area contributed by atoms with Crippen molar-refractivity contribution in [2.24, 2.45) is 0 Å². The number of amides is 1. The maximum Gasteiger partial charge on any atom is 0.251 e. The van der Waals surface area contributed by atoms with Gasteiger partial charge in [-0.2, -0.15) is 4.31 Å². The fourth-order valence-corrected chi connectivity index (χ4v) is 4.27. The zero-order chi connectivity index (χ0) is 18.6. The molecular formula is C18H21N3O4S. The number of nitrogens with zero attached hydrogens (tertiary/aromatic N) is 2. The molecule has 1 amide bonds. The predicted molar refractivity (Wildman–Crippen MR) is 95.8 cm³/mol. The average Bonchev–Trinajstić information content (AvgIpc) is 2.67. The molecule has 0 atom stereocenters. The maximum absolute atomic E-state index is 12.6. The Balaban J connectivity index is 1.62. The number of benzene rings is 1. The lowest BCUT2D eigenvalue weighted by Crippen LogP contribution is -2.39. The van der Waals surface area contributed by atoms with E-state index in [1.54, 1.807) is 48.8 Å². The highest BCUT2D eigenvalue weighted by Gasteiger charge is 2.28. The molecule has 8 heteroatoms. The molecule has 0 saturated carbocycles. The largest absolute Gasteiger partial charge is 0.393 e. The van der Waals surface area contributed by atoms with E-state index in [9.17, 15) is 18.3 Å². The van der Waals surface area contributed by atoms with E-state index in [1.165, 1.54) is 4.31 Å². The van der Waals surface area contributed by atoms with Crippen LogP contribution in [0.25, 0.3) is 0 Å². The quantitative estimate of drug-likeness (QED) is 0.817. The fraction of sp³-hybridized carbons (Fsp3) is 0.333. The Labute approximate surface area is 152 Å². The molecule has 1 aliphatic heterocycles. The molecule has 0 unspecified atom stereocenters. The van der Waals surface area contributed by atoms with Crippen molar-refractivity contribution in [1.82, 2.24) is 14.6 Å². The number of rotatable bonds is 5. The van der Waals surface area contributed by atoms with Crippen LogP contribution in [0, 0.1) is 0 Å². The van der Waals surface area contributed by atoms with Gasteiger partial charge in [-0.15, -0.1) is 0 Å². The van der Waals surface area contributed by atoms with Gasteiger partial charge in [0, 0.05) is 37.6 Å². The summed E-state index contributed by atoms with van der Waals surface area (Å²) < 4.78 is 26.7. The van der Waals surface area contributed by atoms with Gasteiger partial charge in [-0.05, 0) is 42.7 Å². The van der Waals surface area contributed by atoms with Gasteiger partial charge in [0.2, 0.25) is 10.0 Å². The molecule has 1 aromatic carbocycles. The van der Waals surface area contributed by atoms with Gasteiger partial charge < -0.3 is 10.4 Å². The van der Waals surface area contributed by atoms with Crippen LogP contribution < -0.4 is 5.32 Å². The number of carbonyl (C=O) groups is 1. The number of piperidine rings is 1. The minimum atomic E-state index is -3.55. The van der Waals surface area contributed by atoms with E-state index in [0.717, 1.165) is 5.56 Å². The lowest BCUT2D eigenvalue weighted by Gasteiger charge is -2.28. The summed E-state index contributed by atoms with van der Waals surface area (Å²) >= 11 is 0. The minimum absolute atomic E-state index is 0.212. The lowest BCUT2D eigenvalue weighted by molar-refractivity contribution is 0.0950. The van der Waals surface area contributed by atoms with Crippen molar-refractivity contribution in [1.29, 1.82) is 0 Å². The topological polar surface area (TPSA) is 99.6 Å². The summed E-state index contributed by atoms with van der Waals surface area (Å²) in [7, 11) is -3.55. The number of aliphatic hydroxyl groups excluding tert-OH is 1. The van der Waals surface area contributed by atoms with Gasteiger partial charge in [0.05, 0.1) is 11.0 Å². The molecule has 2 heterocycles. The first kappa shape index (κ1) is 18.5. The third-order valence-electron chi connectivity index (χ3n) is 4.38. The average molecular weight is 375 g/mol. The Bertz CT molecular complexity index is 846. The van der Waals surface area contributed by atoms with E-state index in [4.69, 9.17) is 0 Å². The van der Waals surface area contributed by atoms with Crippen LogP contribution in [0.4, 0.5) is 0 Å². The van der Waals surface area contributed by atoms with Crippen molar-refractivity contribution in [2.75, 3.05) is 13.1 Å². The Hall–Kier alpha value is -2.29. The van der Waals surface area contributed by atoms with Crippen molar-refractivity contribution < 1.29 is 18.3 Å². The van der Waals surface area contributed by atoms with Crippen LogP contribution in [0.1, 0.15) is 28.8 Å². The molecule has 0 radical (unpaired) electrons. The second-order valence-corrected chi connectivity index (χ2v) is 8.14. The summed E-state index contributed by atoms with van der Waals surface area (Å²) in [5, 5.41) is 12.3. The molecule has 0 aliphatic carbocycles. The number of carbonyl (C=O) groups excluding carboxylic acids is 1. The molecule has 26 heavy (non-hydrogen) atoms. The van der Waals surface area contributed by atoms with Gasteiger partial charge in [0.25, 0.3) is 5.91 Å². The number of hydrogen-bond acceptors (Lipinski definition) is 5. The number of aromatic nitrogens is 1. The van der Waals surface area contributed by atoms with E-state index >= 15 is 0 Å². The predicted octanol–water partition coefficient (Wildman–Crippen LogP) is 1.16. The van der Waals surface area contributed by atoms with Crippen molar-refractivity contribution >= 4 is 15.9 Å². The Morgan fingerprint density at radius 1 is 1.12 bits per heavy atom. The Kier molecular flexibility index (Phi) is 5.65. The lowest BCUT2D eigenvalue weighted by atomic mass is 10.1. The summed E-state index contributed by atoms with van der Waals surface area (Å²) in [6, 6.07) is 9.74. The minimum Gasteiger partial charge on any atom is -0.393 e. The highest BCUT2D eigenvalue weighted by Crippen LogP contribution is 2.21. The van der Waals surface area contributed by atoms with E-state index in [0.29, 0.717) is 38.0 Å². The van der Waals surface area contributed by atoms with E-state index in [-0.39, 0.29) is 10.8 Å². The first-order valence-corrected chi connectivity index (χ1v) is 9.86. The van der Waals surface area contributed by atoms with Crippen LogP contribution in [-0.4, -0.2) is 47.9 Å². The van der Waals surface area contributed by atoms with Gasteiger partial charge in [0.1, 0.15) is 0 Å². The summed E-state index contributed by atoms with van der Waals surface area (Å²) in [6.07, 6.45) is 3.59. The molecule has 3 rings (SSSR count). The summed E-state index contributed by atoms with van der Waals surface area (Å²) in [5.41, 5.74) is 1.33. The SMILES string of the molecule is O=C(NCc1ccc(S(=O)(=O)N2CCC(O)CC2)cc1)c1ccncc1. The van der Waals surface area contributed by atoms with Crippen molar-refractivity contribution in [3.8, 4) is 0 Å². The highest BCUT2D eigenvalue weighted by molar-refractivity contribution is 7.89. The molecule has 0 bridgehead atoms. The molecule has 0 spiro atoms. The second kappa shape index (κ2) is 7.94. The molecule has 2 aromatic rings. The monoisotopic (exact) mass is 375 g/mol. The van der Waals surface area contributed by atoms with Gasteiger partial charge >= 0.3 is 0 Å². The van der Waals surface area contributed by atoms with Gasteiger partial charge in [-0.1, -0.05) is 12.1 Å². The molecule has 1 saturated heterocycles. The fourth-order valence-electron chi connectivity index (χ4n) is 2.80. The zero-order valence-corrected chi connectivity index (χ0v) is 15.0. The zero-order valence-electron chi connectivity index (χ0n) is 14.2. The molecule has 2 N–H and O–H groups in total. The van der Waals surface area contributed by atoms with Crippen LogP contribution in [0.5, 0.6) is 0 Å². The molecule has 1 aromatic heterocycles. The second-order valence-electron chi connectivity index (χ2n) is 6.20. The van der Waals surface area contributed by atoms with Crippen LogP contribution in [-0.2, 0) is 16.6 Å². The third kappa shape index (κ3) is 4.27. The molecular weight excluding hydrogens is 354 g/mol. The van der Waals surface area contributed by atoms with E-state index in [1.807, 2.05) is 0 Å². The number of pyridine rings is 1. The van der Waals surface area contributed by atoms with Gasteiger partial charge in [0.15, 0.2) is 0 Å². The standard InChI is InChI=1S/C18H21N3O4S/c22-16-7-11-21(12-8-16)26(24,25)17-3-1-14(2-4-17)13-20-18(23)15-5-9-19-10-6-15/h1-6,9-10,16,22H,7-8,11-13H2,(H,20,23). The molecule has 1 fully saturated rings. The van der Waals surface area contributed by atoms with Crippen molar-refractivity contribution in [3.63, 3.8) is 0 Å². The highest BCUT2D eigenvalue weighted by atomic mass is 32.2. The number of hydrogen-bond donors (Lipinski definition) is 2. The van der Waals surface area contributed by atoms with Crippen LogP contribution in [0.3, 0.4) is 0 Å². The summed E-state index contributed by atoms with van der Waals surface area (Å²) in [6.45, 7) is 0.956. The van der Waals surface area contributed by atoms with E-state index < -0.39 is 16.1 Å². The number of nitrogens with one attached hydrogen (secondary N) is 1. The molecule has 138 valence electrons.